The van der Waals surface area contributed by atoms with Gasteiger partial charge in [-0.05, 0) is 31.2 Å². The number of benzene rings is 2. The lowest BCUT2D eigenvalue weighted by molar-refractivity contribution is 0.0953. The summed E-state index contributed by atoms with van der Waals surface area (Å²) in [5, 5.41) is 3.33. The molecule has 1 atom stereocenters. The minimum Gasteiger partial charge on any atom is -0.486 e. The van der Waals surface area contributed by atoms with Crippen LogP contribution in [0.5, 0.6) is 5.75 Å². The molecule has 1 heterocycles. The van der Waals surface area contributed by atoms with E-state index in [1.807, 2.05) is 0 Å². The van der Waals surface area contributed by atoms with Crippen LogP contribution in [-0.4, -0.2) is 23.5 Å². The second-order valence-electron chi connectivity index (χ2n) is 6.19. The van der Waals surface area contributed by atoms with Gasteiger partial charge in [0.25, 0.3) is 5.91 Å². The third-order valence-corrected chi connectivity index (χ3v) is 4.00. The summed E-state index contributed by atoms with van der Waals surface area (Å²) in [6, 6.07) is 10.1. The molecule has 0 saturated carbocycles. The number of hydrogen-bond acceptors (Lipinski definition) is 4. The predicted octanol–water partition coefficient (Wildman–Crippen LogP) is 3.17. The van der Waals surface area contributed by atoms with E-state index in [2.05, 4.69) is 10.3 Å². The minimum atomic E-state index is -0.681. The first-order valence-electron chi connectivity index (χ1n) is 8.44. The molecule has 0 radical (unpaired) electrons. The topological polar surface area (TPSA) is 77.2 Å². The van der Waals surface area contributed by atoms with Crippen molar-refractivity contribution in [3.8, 4) is 5.75 Å². The molecule has 1 amide bonds. The number of nitrogens with two attached hydrogens (primary N) is 1. The largest absolute Gasteiger partial charge is 0.486 e. The van der Waals surface area contributed by atoms with Crippen LogP contribution in [0.1, 0.15) is 22.8 Å². The third kappa shape index (κ3) is 4.20. The second kappa shape index (κ2) is 8.09. The van der Waals surface area contributed by atoms with Crippen LogP contribution in [0.25, 0.3) is 10.9 Å². The van der Waals surface area contributed by atoms with Gasteiger partial charge in [0.05, 0.1) is 11.1 Å². The maximum Gasteiger partial charge on any atom is 0.252 e. The molecule has 27 heavy (non-hydrogen) atoms. The van der Waals surface area contributed by atoms with Crippen molar-refractivity contribution in [1.29, 1.82) is 0 Å². The number of fused-ring (bicyclic) bond motifs is 1. The Labute approximate surface area is 155 Å². The average Bonchev–Trinajstić information content (AvgIpc) is 2.65. The molecule has 1 aromatic heterocycles. The van der Waals surface area contributed by atoms with Crippen molar-refractivity contribution in [1.82, 2.24) is 10.3 Å². The van der Waals surface area contributed by atoms with Crippen LogP contribution in [0.2, 0.25) is 0 Å². The first-order chi connectivity index (χ1) is 13.0. The van der Waals surface area contributed by atoms with Crippen LogP contribution in [0.15, 0.2) is 48.7 Å². The van der Waals surface area contributed by atoms with Gasteiger partial charge in [-0.3, -0.25) is 9.78 Å². The van der Waals surface area contributed by atoms with E-state index in [0.717, 1.165) is 0 Å². The van der Waals surface area contributed by atoms with Gasteiger partial charge in [-0.1, -0.05) is 18.2 Å². The monoisotopic (exact) mass is 371 g/mol. The molecule has 0 saturated heterocycles. The lowest BCUT2D eigenvalue weighted by Crippen LogP contribution is -2.35. The number of carbonyl (C=O) groups excluding carboxylic acids is 1. The molecule has 3 rings (SSSR count). The third-order valence-electron chi connectivity index (χ3n) is 4.00. The van der Waals surface area contributed by atoms with E-state index in [0.29, 0.717) is 28.8 Å². The van der Waals surface area contributed by atoms with Gasteiger partial charge in [-0.15, -0.1) is 0 Å². The van der Waals surface area contributed by atoms with E-state index < -0.39 is 11.6 Å². The molecule has 0 aliphatic carbocycles. The molecular formula is C20H19F2N3O2. The maximum absolute atomic E-state index is 13.8. The van der Waals surface area contributed by atoms with Crippen molar-refractivity contribution in [3.05, 3.63) is 71.4 Å². The Morgan fingerprint density at radius 2 is 1.89 bits per heavy atom. The summed E-state index contributed by atoms with van der Waals surface area (Å²) in [5.41, 5.74) is 6.35. The molecule has 0 bridgehead atoms. The van der Waals surface area contributed by atoms with Crippen LogP contribution in [0.4, 0.5) is 8.78 Å². The minimum absolute atomic E-state index is 0.166. The van der Waals surface area contributed by atoms with Crippen LogP contribution in [-0.2, 0) is 6.61 Å². The van der Waals surface area contributed by atoms with E-state index in [-0.39, 0.29) is 24.1 Å². The number of amides is 1. The Balaban J connectivity index is 1.89. The van der Waals surface area contributed by atoms with Gasteiger partial charge in [0.1, 0.15) is 29.5 Å². The predicted molar refractivity (Wildman–Crippen MR) is 98.4 cm³/mol. The quantitative estimate of drug-likeness (QED) is 0.698. The summed E-state index contributed by atoms with van der Waals surface area (Å²) in [5.74, 6) is -1.31. The van der Waals surface area contributed by atoms with Gasteiger partial charge in [-0.2, -0.15) is 0 Å². The van der Waals surface area contributed by atoms with Gasteiger partial charge in [0.2, 0.25) is 0 Å². The fourth-order valence-corrected chi connectivity index (χ4v) is 2.63. The molecule has 0 aliphatic heterocycles. The highest BCUT2D eigenvalue weighted by Gasteiger charge is 2.15. The molecule has 5 nitrogen and oxygen atoms in total. The SMILES string of the molecule is CC(N)CNC(=O)c1ccnc2c(OCc3c(F)cccc3F)cccc12. The molecular weight excluding hydrogens is 352 g/mol. The molecule has 1 unspecified atom stereocenters. The van der Waals surface area contributed by atoms with E-state index in [9.17, 15) is 13.6 Å². The number of nitrogens with zero attached hydrogens (tertiary/aromatic N) is 1. The summed E-state index contributed by atoms with van der Waals surface area (Å²) < 4.78 is 33.2. The highest BCUT2D eigenvalue weighted by atomic mass is 19.1. The van der Waals surface area contributed by atoms with Gasteiger partial charge in [-0.25, -0.2) is 8.78 Å². The van der Waals surface area contributed by atoms with Crippen molar-refractivity contribution in [3.63, 3.8) is 0 Å². The zero-order valence-corrected chi connectivity index (χ0v) is 14.7. The van der Waals surface area contributed by atoms with Crippen LogP contribution >= 0.6 is 0 Å². The van der Waals surface area contributed by atoms with Gasteiger partial charge < -0.3 is 15.8 Å². The standard InChI is InChI=1S/C20H19F2N3O2/c1-12(23)10-25-20(26)14-8-9-24-19-13(14)4-2-7-18(19)27-11-15-16(21)5-3-6-17(15)22/h2-9,12H,10-11,23H2,1H3,(H,25,26). The van der Waals surface area contributed by atoms with Crippen molar-refractivity contribution in [2.45, 2.75) is 19.6 Å². The van der Waals surface area contributed by atoms with Crippen LogP contribution in [0, 0.1) is 11.6 Å². The zero-order valence-electron chi connectivity index (χ0n) is 14.7. The van der Waals surface area contributed by atoms with Gasteiger partial charge >= 0.3 is 0 Å². The second-order valence-corrected chi connectivity index (χ2v) is 6.19. The molecule has 3 aromatic rings. The summed E-state index contributed by atoms with van der Waals surface area (Å²) in [7, 11) is 0. The number of aromatic nitrogens is 1. The van der Waals surface area contributed by atoms with E-state index in [1.54, 1.807) is 31.2 Å². The van der Waals surface area contributed by atoms with Crippen LogP contribution < -0.4 is 15.8 Å². The summed E-state index contributed by atoms with van der Waals surface area (Å²) in [6.45, 7) is 1.84. The zero-order chi connectivity index (χ0) is 19.4. The molecule has 3 N–H and O–H groups in total. The summed E-state index contributed by atoms with van der Waals surface area (Å²) in [4.78, 5) is 16.7. The normalized spacial score (nSPS) is 12.0. The number of carbonyl (C=O) groups is 1. The van der Waals surface area contributed by atoms with Gasteiger partial charge in [0, 0.05) is 24.2 Å². The fourth-order valence-electron chi connectivity index (χ4n) is 2.63. The van der Waals surface area contributed by atoms with Crippen molar-refractivity contribution < 1.29 is 18.3 Å². The summed E-state index contributed by atoms with van der Waals surface area (Å²) >= 11 is 0. The number of hydrogen-bond donors (Lipinski definition) is 2. The maximum atomic E-state index is 13.8. The van der Waals surface area contributed by atoms with Crippen LogP contribution in [0.3, 0.4) is 0 Å². The van der Waals surface area contributed by atoms with E-state index in [4.69, 9.17) is 10.5 Å². The number of halogens is 2. The van der Waals surface area contributed by atoms with Gasteiger partial charge in [0.15, 0.2) is 0 Å². The Morgan fingerprint density at radius 1 is 1.19 bits per heavy atom. The number of nitrogens with one attached hydrogen (secondary N) is 1. The Morgan fingerprint density at radius 3 is 2.59 bits per heavy atom. The molecule has 0 fully saturated rings. The summed E-state index contributed by atoms with van der Waals surface area (Å²) in [6.07, 6.45) is 1.49. The molecule has 140 valence electrons. The first-order valence-corrected chi connectivity index (χ1v) is 8.44. The first kappa shape index (κ1) is 18.7. The average molecular weight is 371 g/mol. The van der Waals surface area contributed by atoms with Crippen molar-refractivity contribution in [2.24, 2.45) is 5.73 Å². The molecule has 0 aliphatic rings. The van der Waals surface area contributed by atoms with Crippen molar-refractivity contribution >= 4 is 16.8 Å². The molecule has 0 spiro atoms. The lowest BCUT2D eigenvalue weighted by atomic mass is 10.1. The number of ether oxygens (including phenoxy) is 1. The number of rotatable bonds is 6. The number of para-hydroxylation sites is 1. The molecule has 7 heteroatoms. The highest BCUT2D eigenvalue weighted by molar-refractivity contribution is 6.07. The van der Waals surface area contributed by atoms with E-state index >= 15 is 0 Å². The fraction of sp³-hybridized carbons (Fsp3) is 0.200. The smallest absolute Gasteiger partial charge is 0.252 e. The number of pyridine rings is 1. The Kier molecular flexibility index (Phi) is 5.61. The van der Waals surface area contributed by atoms with E-state index in [1.165, 1.54) is 24.4 Å². The lowest BCUT2D eigenvalue weighted by Gasteiger charge is -2.12. The Hall–Kier alpha value is -3.06. The van der Waals surface area contributed by atoms with Crippen molar-refractivity contribution in [2.75, 3.05) is 6.54 Å². The Bertz CT molecular complexity index is 956. The highest BCUT2D eigenvalue weighted by Crippen LogP contribution is 2.27. The molecule has 2 aromatic carbocycles.